The van der Waals surface area contributed by atoms with Crippen molar-refractivity contribution in [2.75, 3.05) is 43.4 Å². The van der Waals surface area contributed by atoms with E-state index in [0.717, 1.165) is 44.1 Å². The minimum Gasteiger partial charge on any atom is -0.353 e. The van der Waals surface area contributed by atoms with Crippen molar-refractivity contribution in [3.63, 3.8) is 0 Å². The second kappa shape index (κ2) is 7.40. The zero-order chi connectivity index (χ0) is 16.9. The van der Waals surface area contributed by atoms with Gasteiger partial charge in [0.2, 0.25) is 0 Å². The average Bonchev–Trinajstić information content (AvgIpc) is 2.63. The van der Waals surface area contributed by atoms with Crippen molar-refractivity contribution < 1.29 is 4.79 Å². The molecule has 0 saturated carbocycles. The molecule has 3 rings (SSSR count). The number of amides is 1. The Balaban J connectivity index is 1.62. The van der Waals surface area contributed by atoms with Crippen LogP contribution in [0.4, 0.5) is 11.5 Å². The molecule has 1 N–H and O–H groups in total. The second-order valence-electron chi connectivity index (χ2n) is 6.07. The minimum atomic E-state index is -0.239. The van der Waals surface area contributed by atoms with Crippen LogP contribution < -0.4 is 10.2 Å². The summed E-state index contributed by atoms with van der Waals surface area (Å²) in [5, 5.41) is 11.2. The summed E-state index contributed by atoms with van der Waals surface area (Å²) in [6.45, 7) is 5.99. The number of rotatable bonds is 4. The first kappa shape index (κ1) is 16.4. The molecule has 126 valence electrons. The van der Waals surface area contributed by atoms with Gasteiger partial charge in [0.1, 0.15) is 0 Å². The third-order valence-electron chi connectivity index (χ3n) is 4.33. The highest BCUT2D eigenvalue weighted by Crippen LogP contribution is 2.14. The van der Waals surface area contributed by atoms with E-state index in [1.807, 2.05) is 30.3 Å². The smallest absolute Gasteiger partial charge is 0.276 e. The fourth-order valence-electron chi connectivity index (χ4n) is 2.67. The Labute approximate surface area is 142 Å². The molecule has 0 spiro atoms. The fourth-order valence-corrected chi connectivity index (χ4v) is 2.67. The Morgan fingerprint density at radius 3 is 2.33 bits per heavy atom. The Hall–Kier alpha value is -2.47. The number of aryl methyl sites for hydroxylation is 1. The Morgan fingerprint density at radius 1 is 1.04 bits per heavy atom. The number of likely N-dealkylation sites (N-methyl/N-ethyl adjacent to an activating group) is 1. The van der Waals surface area contributed by atoms with Crippen LogP contribution in [0.1, 0.15) is 23.0 Å². The van der Waals surface area contributed by atoms with Gasteiger partial charge in [0.05, 0.1) is 0 Å². The van der Waals surface area contributed by atoms with E-state index < -0.39 is 0 Å². The molecule has 24 heavy (non-hydrogen) atoms. The second-order valence-corrected chi connectivity index (χ2v) is 6.07. The van der Waals surface area contributed by atoms with Gasteiger partial charge >= 0.3 is 0 Å². The Bertz CT molecular complexity index is 676. The van der Waals surface area contributed by atoms with Crippen molar-refractivity contribution in [2.45, 2.75) is 13.3 Å². The number of hydrogen-bond acceptors (Lipinski definition) is 5. The first-order valence-corrected chi connectivity index (χ1v) is 8.33. The van der Waals surface area contributed by atoms with E-state index in [2.05, 4.69) is 39.3 Å². The highest BCUT2D eigenvalue weighted by molar-refractivity contribution is 6.02. The standard InChI is InChI=1S/C18H23N5O/c1-3-14-4-6-15(7-5-14)19-18(24)16-8-9-17(21-20-16)23-12-10-22(2)11-13-23/h4-9H,3,10-13H2,1-2H3,(H,19,24). The molecule has 1 aromatic carbocycles. The number of piperazine rings is 1. The average molecular weight is 325 g/mol. The normalized spacial score (nSPS) is 15.3. The first-order valence-electron chi connectivity index (χ1n) is 8.33. The van der Waals surface area contributed by atoms with Crippen molar-refractivity contribution in [1.82, 2.24) is 15.1 Å². The molecule has 1 aliphatic rings. The maximum Gasteiger partial charge on any atom is 0.276 e. The number of carbonyl (C=O) groups excluding carboxylic acids is 1. The molecular formula is C18H23N5O. The third-order valence-corrected chi connectivity index (χ3v) is 4.33. The first-order chi connectivity index (χ1) is 11.7. The van der Waals surface area contributed by atoms with Crippen LogP contribution >= 0.6 is 0 Å². The maximum absolute atomic E-state index is 12.3. The molecule has 2 heterocycles. The molecule has 0 radical (unpaired) electrons. The molecule has 6 nitrogen and oxygen atoms in total. The molecule has 1 amide bonds. The van der Waals surface area contributed by atoms with E-state index in [-0.39, 0.29) is 5.91 Å². The van der Waals surface area contributed by atoms with Crippen LogP contribution in [0.25, 0.3) is 0 Å². The fraction of sp³-hybridized carbons (Fsp3) is 0.389. The van der Waals surface area contributed by atoms with Crippen LogP contribution in [-0.4, -0.2) is 54.2 Å². The van der Waals surface area contributed by atoms with Crippen molar-refractivity contribution in [1.29, 1.82) is 0 Å². The number of hydrogen-bond donors (Lipinski definition) is 1. The third kappa shape index (κ3) is 3.89. The lowest BCUT2D eigenvalue weighted by molar-refractivity contribution is 0.102. The highest BCUT2D eigenvalue weighted by atomic mass is 16.1. The topological polar surface area (TPSA) is 61.4 Å². The summed E-state index contributed by atoms with van der Waals surface area (Å²) in [5.74, 6) is 0.587. The molecule has 0 bridgehead atoms. The predicted octanol–water partition coefficient (Wildman–Crippen LogP) is 2.04. The molecular weight excluding hydrogens is 302 g/mol. The predicted molar refractivity (Wildman–Crippen MR) is 95.5 cm³/mol. The van der Waals surface area contributed by atoms with Gasteiger partial charge in [0.15, 0.2) is 11.5 Å². The van der Waals surface area contributed by atoms with Gasteiger partial charge in [-0.2, -0.15) is 0 Å². The van der Waals surface area contributed by atoms with Gasteiger partial charge in [0, 0.05) is 31.9 Å². The SMILES string of the molecule is CCc1ccc(NC(=O)c2ccc(N3CCN(C)CC3)nn2)cc1. The van der Waals surface area contributed by atoms with E-state index in [9.17, 15) is 4.79 Å². The van der Waals surface area contributed by atoms with Gasteiger partial charge in [-0.3, -0.25) is 4.79 Å². The minimum absolute atomic E-state index is 0.239. The summed E-state index contributed by atoms with van der Waals surface area (Å²) in [6.07, 6.45) is 0.980. The van der Waals surface area contributed by atoms with E-state index in [1.165, 1.54) is 5.56 Å². The molecule has 6 heteroatoms. The number of aromatic nitrogens is 2. The van der Waals surface area contributed by atoms with Gasteiger partial charge in [-0.25, -0.2) is 0 Å². The van der Waals surface area contributed by atoms with Crippen molar-refractivity contribution >= 4 is 17.4 Å². The quantitative estimate of drug-likeness (QED) is 0.932. The summed E-state index contributed by atoms with van der Waals surface area (Å²) in [6, 6.07) is 11.4. The molecule has 1 aromatic heterocycles. The van der Waals surface area contributed by atoms with Crippen molar-refractivity contribution in [2.24, 2.45) is 0 Å². The van der Waals surface area contributed by atoms with Gasteiger partial charge in [-0.05, 0) is 43.3 Å². The summed E-state index contributed by atoms with van der Waals surface area (Å²) >= 11 is 0. The van der Waals surface area contributed by atoms with E-state index in [4.69, 9.17) is 0 Å². The lowest BCUT2D eigenvalue weighted by Crippen LogP contribution is -2.44. The summed E-state index contributed by atoms with van der Waals surface area (Å²) in [7, 11) is 2.11. The van der Waals surface area contributed by atoms with E-state index in [1.54, 1.807) is 6.07 Å². The number of benzene rings is 1. The Morgan fingerprint density at radius 2 is 1.75 bits per heavy atom. The number of carbonyl (C=O) groups is 1. The van der Waals surface area contributed by atoms with E-state index >= 15 is 0 Å². The van der Waals surface area contributed by atoms with Gasteiger partial charge in [-0.15, -0.1) is 10.2 Å². The maximum atomic E-state index is 12.3. The van der Waals surface area contributed by atoms with Gasteiger partial charge in [0.25, 0.3) is 5.91 Å². The van der Waals surface area contributed by atoms with Crippen molar-refractivity contribution in [3.8, 4) is 0 Å². The summed E-state index contributed by atoms with van der Waals surface area (Å²) in [4.78, 5) is 16.7. The lowest BCUT2D eigenvalue weighted by atomic mass is 10.1. The molecule has 1 saturated heterocycles. The molecule has 2 aromatic rings. The molecule has 0 atom stereocenters. The van der Waals surface area contributed by atoms with Gasteiger partial charge < -0.3 is 15.1 Å². The monoisotopic (exact) mass is 325 g/mol. The van der Waals surface area contributed by atoms with Crippen LogP contribution in [0.3, 0.4) is 0 Å². The number of nitrogens with zero attached hydrogens (tertiary/aromatic N) is 4. The van der Waals surface area contributed by atoms with Gasteiger partial charge in [-0.1, -0.05) is 19.1 Å². The summed E-state index contributed by atoms with van der Waals surface area (Å²) in [5.41, 5.74) is 2.33. The lowest BCUT2D eigenvalue weighted by Gasteiger charge is -2.32. The molecule has 0 aliphatic carbocycles. The molecule has 0 unspecified atom stereocenters. The molecule has 1 fully saturated rings. The van der Waals surface area contributed by atoms with Crippen LogP contribution in [-0.2, 0) is 6.42 Å². The largest absolute Gasteiger partial charge is 0.353 e. The van der Waals surface area contributed by atoms with Crippen LogP contribution in [0.15, 0.2) is 36.4 Å². The number of nitrogens with one attached hydrogen (secondary N) is 1. The molecule has 1 aliphatic heterocycles. The van der Waals surface area contributed by atoms with Crippen LogP contribution in [0.2, 0.25) is 0 Å². The van der Waals surface area contributed by atoms with E-state index in [0.29, 0.717) is 5.69 Å². The van der Waals surface area contributed by atoms with Crippen molar-refractivity contribution in [3.05, 3.63) is 47.7 Å². The Kier molecular flexibility index (Phi) is 5.05. The zero-order valence-corrected chi connectivity index (χ0v) is 14.2. The summed E-state index contributed by atoms with van der Waals surface area (Å²) < 4.78 is 0. The van der Waals surface area contributed by atoms with Crippen LogP contribution in [0, 0.1) is 0 Å². The highest BCUT2D eigenvalue weighted by Gasteiger charge is 2.16. The van der Waals surface area contributed by atoms with Crippen LogP contribution in [0.5, 0.6) is 0 Å². The zero-order valence-electron chi connectivity index (χ0n) is 14.2. The number of anilines is 2.